The van der Waals surface area contributed by atoms with Crippen molar-refractivity contribution >= 4 is 11.6 Å². The molecule has 1 unspecified atom stereocenters. The van der Waals surface area contributed by atoms with Crippen molar-refractivity contribution < 1.29 is 4.79 Å². The number of rotatable bonds is 4. The van der Waals surface area contributed by atoms with Crippen molar-refractivity contribution in [3.05, 3.63) is 29.3 Å². The van der Waals surface area contributed by atoms with Crippen LogP contribution >= 0.6 is 0 Å². The molecule has 1 heterocycles. The van der Waals surface area contributed by atoms with E-state index in [1.165, 1.54) is 19.4 Å². The zero-order chi connectivity index (χ0) is 14.5. The predicted octanol–water partition coefficient (Wildman–Crippen LogP) is 2.11. The normalized spacial score (nSPS) is 19.6. The van der Waals surface area contributed by atoms with Crippen molar-refractivity contribution in [3.63, 3.8) is 0 Å². The summed E-state index contributed by atoms with van der Waals surface area (Å²) in [7, 11) is 4.04. The van der Waals surface area contributed by atoms with E-state index in [0.29, 0.717) is 5.92 Å². The van der Waals surface area contributed by atoms with E-state index >= 15 is 0 Å². The molecule has 0 spiro atoms. The molecule has 0 aliphatic carbocycles. The van der Waals surface area contributed by atoms with Crippen molar-refractivity contribution in [3.8, 4) is 0 Å². The van der Waals surface area contributed by atoms with E-state index in [1.807, 2.05) is 32.2 Å². The monoisotopic (exact) mass is 275 g/mol. The number of hydrogen-bond donors (Lipinski definition) is 2. The first-order valence-electron chi connectivity index (χ1n) is 7.35. The highest BCUT2D eigenvalue weighted by Gasteiger charge is 2.18. The summed E-state index contributed by atoms with van der Waals surface area (Å²) in [6, 6.07) is 5.77. The van der Waals surface area contributed by atoms with Crippen LogP contribution in [0.1, 0.15) is 28.8 Å². The van der Waals surface area contributed by atoms with Gasteiger partial charge in [-0.05, 0) is 63.0 Å². The highest BCUT2D eigenvalue weighted by atomic mass is 16.1. The fourth-order valence-corrected chi connectivity index (χ4v) is 2.86. The first kappa shape index (κ1) is 14.9. The number of carbonyl (C=O) groups is 1. The maximum atomic E-state index is 12.2. The summed E-state index contributed by atoms with van der Waals surface area (Å²) < 4.78 is 0. The van der Waals surface area contributed by atoms with Crippen LogP contribution in [0.15, 0.2) is 18.2 Å². The number of benzene rings is 1. The quantitative estimate of drug-likeness (QED) is 0.884. The van der Waals surface area contributed by atoms with Gasteiger partial charge in [-0.2, -0.15) is 0 Å². The summed E-state index contributed by atoms with van der Waals surface area (Å²) in [4.78, 5) is 14.5. The van der Waals surface area contributed by atoms with Gasteiger partial charge in [0, 0.05) is 31.4 Å². The van der Waals surface area contributed by atoms with Gasteiger partial charge >= 0.3 is 0 Å². The van der Waals surface area contributed by atoms with Crippen LogP contribution in [0.25, 0.3) is 0 Å². The molecular formula is C16H25N3O. The number of carbonyl (C=O) groups excluding carboxylic acids is 1. The molecule has 0 radical (unpaired) electrons. The molecule has 0 aromatic heterocycles. The highest BCUT2D eigenvalue weighted by Crippen LogP contribution is 2.17. The van der Waals surface area contributed by atoms with Gasteiger partial charge in [0.1, 0.15) is 0 Å². The fourth-order valence-electron chi connectivity index (χ4n) is 2.86. The molecule has 1 atom stereocenters. The molecule has 1 aromatic carbocycles. The molecule has 1 fully saturated rings. The van der Waals surface area contributed by atoms with Gasteiger partial charge in [0.2, 0.25) is 0 Å². The maximum absolute atomic E-state index is 12.2. The second-order valence-corrected chi connectivity index (χ2v) is 5.76. The lowest BCUT2D eigenvalue weighted by atomic mass is 9.98. The molecule has 0 bridgehead atoms. The third-order valence-electron chi connectivity index (χ3n) is 4.03. The minimum Gasteiger partial charge on any atom is -0.388 e. The van der Waals surface area contributed by atoms with E-state index in [4.69, 9.17) is 0 Å². The molecule has 110 valence electrons. The topological polar surface area (TPSA) is 44.4 Å². The molecule has 1 saturated heterocycles. The van der Waals surface area contributed by atoms with Gasteiger partial charge < -0.3 is 15.5 Å². The molecule has 2 N–H and O–H groups in total. The lowest BCUT2D eigenvalue weighted by Gasteiger charge is -2.29. The Kier molecular flexibility index (Phi) is 5.01. The second kappa shape index (κ2) is 6.75. The summed E-state index contributed by atoms with van der Waals surface area (Å²) in [5.41, 5.74) is 2.90. The first-order chi connectivity index (χ1) is 9.60. The number of nitrogens with one attached hydrogen (secondary N) is 2. The Morgan fingerprint density at radius 3 is 2.90 bits per heavy atom. The van der Waals surface area contributed by atoms with E-state index in [9.17, 15) is 4.79 Å². The Morgan fingerprint density at radius 2 is 2.25 bits per heavy atom. The standard InChI is InChI=1S/C16H25N3O/c1-12-9-14(6-7-15(12)17-2)16(20)18-10-13-5-4-8-19(3)11-13/h6-7,9,13,17H,4-5,8,10-11H2,1-3H3,(H,18,20). The van der Waals surface area contributed by atoms with Crippen LogP contribution in [-0.4, -0.2) is 44.5 Å². The van der Waals surface area contributed by atoms with Crippen molar-refractivity contribution in [1.82, 2.24) is 10.2 Å². The molecular weight excluding hydrogens is 250 g/mol. The van der Waals surface area contributed by atoms with Crippen molar-refractivity contribution in [2.24, 2.45) is 5.92 Å². The summed E-state index contributed by atoms with van der Waals surface area (Å²) in [6.07, 6.45) is 2.44. The number of aryl methyl sites for hydroxylation is 1. The van der Waals surface area contributed by atoms with Gasteiger partial charge in [-0.15, -0.1) is 0 Å². The van der Waals surface area contributed by atoms with E-state index in [1.54, 1.807) is 0 Å². The van der Waals surface area contributed by atoms with E-state index in [2.05, 4.69) is 22.6 Å². The van der Waals surface area contributed by atoms with E-state index in [-0.39, 0.29) is 5.91 Å². The average molecular weight is 275 g/mol. The molecule has 1 amide bonds. The molecule has 0 saturated carbocycles. The van der Waals surface area contributed by atoms with Gasteiger partial charge in [0.25, 0.3) is 5.91 Å². The zero-order valence-electron chi connectivity index (χ0n) is 12.7. The lowest BCUT2D eigenvalue weighted by molar-refractivity contribution is 0.0937. The van der Waals surface area contributed by atoms with Crippen LogP contribution < -0.4 is 10.6 Å². The van der Waals surface area contributed by atoms with Crippen LogP contribution in [-0.2, 0) is 0 Å². The Bertz CT molecular complexity index is 473. The molecule has 1 aromatic rings. The van der Waals surface area contributed by atoms with Gasteiger partial charge in [-0.25, -0.2) is 0 Å². The molecule has 1 aliphatic rings. The Morgan fingerprint density at radius 1 is 1.45 bits per heavy atom. The molecule has 4 nitrogen and oxygen atoms in total. The molecule has 4 heteroatoms. The summed E-state index contributed by atoms with van der Waals surface area (Å²) >= 11 is 0. The highest BCUT2D eigenvalue weighted by molar-refractivity contribution is 5.94. The van der Waals surface area contributed by atoms with Gasteiger partial charge in [-0.1, -0.05) is 0 Å². The Balaban J connectivity index is 1.90. The lowest BCUT2D eigenvalue weighted by Crippen LogP contribution is -2.39. The molecule has 20 heavy (non-hydrogen) atoms. The minimum atomic E-state index is 0.0315. The Hall–Kier alpha value is -1.55. The summed E-state index contributed by atoms with van der Waals surface area (Å²) in [5.74, 6) is 0.611. The molecule has 1 aliphatic heterocycles. The summed E-state index contributed by atoms with van der Waals surface area (Å²) in [6.45, 7) is 5.04. The van der Waals surface area contributed by atoms with Crippen LogP contribution in [0.2, 0.25) is 0 Å². The summed E-state index contributed by atoms with van der Waals surface area (Å²) in [5, 5.41) is 6.18. The molecule has 2 rings (SSSR count). The van der Waals surface area contributed by atoms with Crippen LogP contribution in [0, 0.1) is 12.8 Å². The third-order valence-corrected chi connectivity index (χ3v) is 4.03. The van der Waals surface area contributed by atoms with Crippen molar-refractivity contribution in [2.75, 3.05) is 39.0 Å². The number of likely N-dealkylation sites (tertiary alicyclic amines) is 1. The van der Waals surface area contributed by atoms with Crippen molar-refractivity contribution in [1.29, 1.82) is 0 Å². The zero-order valence-corrected chi connectivity index (χ0v) is 12.7. The average Bonchev–Trinajstić information content (AvgIpc) is 2.44. The van der Waals surface area contributed by atoms with Gasteiger partial charge in [0.15, 0.2) is 0 Å². The van der Waals surface area contributed by atoms with E-state index < -0.39 is 0 Å². The van der Waals surface area contributed by atoms with Crippen molar-refractivity contribution in [2.45, 2.75) is 19.8 Å². The minimum absolute atomic E-state index is 0.0315. The number of piperidine rings is 1. The predicted molar refractivity (Wildman–Crippen MR) is 83.3 cm³/mol. The fraction of sp³-hybridized carbons (Fsp3) is 0.562. The Labute approximate surface area is 121 Å². The van der Waals surface area contributed by atoms with Crippen LogP contribution in [0.5, 0.6) is 0 Å². The number of hydrogen-bond acceptors (Lipinski definition) is 3. The SMILES string of the molecule is CNc1ccc(C(=O)NCC2CCCN(C)C2)cc1C. The maximum Gasteiger partial charge on any atom is 0.251 e. The van der Waals surface area contributed by atoms with E-state index in [0.717, 1.165) is 29.9 Å². The smallest absolute Gasteiger partial charge is 0.251 e. The van der Waals surface area contributed by atoms with Gasteiger partial charge in [-0.3, -0.25) is 4.79 Å². The number of anilines is 1. The van der Waals surface area contributed by atoms with Crippen LogP contribution in [0.3, 0.4) is 0 Å². The number of amides is 1. The third kappa shape index (κ3) is 3.73. The van der Waals surface area contributed by atoms with Gasteiger partial charge in [0.05, 0.1) is 0 Å². The first-order valence-corrected chi connectivity index (χ1v) is 7.35. The second-order valence-electron chi connectivity index (χ2n) is 5.76. The number of nitrogens with zero attached hydrogens (tertiary/aromatic N) is 1. The largest absolute Gasteiger partial charge is 0.388 e. The van der Waals surface area contributed by atoms with Crippen LogP contribution in [0.4, 0.5) is 5.69 Å².